The fraction of sp³-hybridized carbons (Fsp3) is 0.138. The van der Waals surface area contributed by atoms with Crippen LogP contribution in [0.1, 0.15) is 34.8 Å². The summed E-state index contributed by atoms with van der Waals surface area (Å²) in [4.78, 5) is 39.7. The maximum Gasteiger partial charge on any atom is 0.274 e. The lowest BCUT2D eigenvalue weighted by molar-refractivity contribution is 0.0934. The molecule has 0 aliphatic heterocycles. The summed E-state index contributed by atoms with van der Waals surface area (Å²) in [6.07, 6.45) is 3.13. The van der Waals surface area contributed by atoms with Crippen LogP contribution in [0.4, 0.5) is 5.82 Å². The highest BCUT2D eigenvalue weighted by molar-refractivity contribution is 5.98. The van der Waals surface area contributed by atoms with Crippen LogP contribution >= 0.6 is 0 Å². The molecule has 0 aliphatic carbocycles. The molecule has 0 saturated heterocycles. The predicted molar refractivity (Wildman–Crippen MR) is 146 cm³/mol. The number of hydrogen-bond acceptors (Lipinski definition) is 7. The highest BCUT2D eigenvalue weighted by Gasteiger charge is 2.22. The van der Waals surface area contributed by atoms with E-state index in [0.717, 1.165) is 16.5 Å². The minimum absolute atomic E-state index is 0.0331. The largest absolute Gasteiger partial charge is 0.481 e. The number of nitrogens with two attached hydrogens (primary N) is 1. The van der Waals surface area contributed by atoms with Crippen molar-refractivity contribution in [2.45, 2.75) is 19.9 Å². The number of para-hydroxylation sites is 1. The standard InChI is InChI=1S/C29H26N6O3/c1-17-16-32-26(27(30)33-17)28(36)34-18(2)23-14-20-8-7-11-22(19-12-13-31-24(15-19)38-3)25(20)29(37)35(23)21-9-5-4-6-10-21/h4-16,18H,1-3H3,(H2,30,33)(H,34,36). The molecule has 0 aliphatic rings. The van der Waals surface area contributed by atoms with Crippen LogP contribution in [0.2, 0.25) is 0 Å². The Morgan fingerprint density at radius 1 is 1.05 bits per heavy atom. The van der Waals surface area contributed by atoms with Gasteiger partial charge in [0.25, 0.3) is 11.5 Å². The van der Waals surface area contributed by atoms with E-state index in [1.165, 1.54) is 6.20 Å². The molecule has 3 N–H and O–H groups in total. The quantitative estimate of drug-likeness (QED) is 0.353. The molecule has 1 amide bonds. The molecule has 0 saturated carbocycles. The Balaban J connectivity index is 1.68. The van der Waals surface area contributed by atoms with Gasteiger partial charge in [-0.1, -0.05) is 36.4 Å². The molecule has 0 fully saturated rings. The van der Waals surface area contributed by atoms with Crippen LogP contribution in [0.15, 0.2) is 83.9 Å². The van der Waals surface area contributed by atoms with E-state index >= 15 is 0 Å². The Hall–Kier alpha value is -5.05. The predicted octanol–water partition coefficient (Wildman–Crippen LogP) is 4.23. The van der Waals surface area contributed by atoms with Crippen LogP contribution in [0, 0.1) is 6.92 Å². The van der Waals surface area contributed by atoms with Crippen LogP contribution in [-0.2, 0) is 0 Å². The van der Waals surface area contributed by atoms with Gasteiger partial charge in [-0.25, -0.2) is 15.0 Å². The first kappa shape index (κ1) is 24.6. The van der Waals surface area contributed by atoms with E-state index in [-0.39, 0.29) is 17.1 Å². The van der Waals surface area contributed by atoms with Crippen molar-refractivity contribution in [1.29, 1.82) is 0 Å². The third-order valence-electron chi connectivity index (χ3n) is 6.27. The van der Waals surface area contributed by atoms with E-state index in [0.29, 0.717) is 28.3 Å². The van der Waals surface area contributed by atoms with Crippen molar-refractivity contribution in [2.75, 3.05) is 12.8 Å². The number of nitrogens with zero attached hydrogens (tertiary/aromatic N) is 4. The Morgan fingerprint density at radius 3 is 2.58 bits per heavy atom. The number of ether oxygens (including phenoxy) is 1. The number of anilines is 1. The molecule has 1 unspecified atom stereocenters. The van der Waals surface area contributed by atoms with Crippen LogP contribution < -0.4 is 21.3 Å². The maximum absolute atomic E-state index is 14.2. The Bertz CT molecular complexity index is 1720. The normalized spacial score (nSPS) is 11.8. The third kappa shape index (κ3) is 4.57. The molecule has 1 atom stereocenters. The molecule has 3 aromatic heterocycles. The fourth-order valence-electron chi connectivity index (χ4n) is 4.48. The number of nitrogen functional groups attached to an aromatic ring is 1. The number of nitrogens with one attached hydrogen (secondary N) is 1. The second-order valence-corrected chi connectivity index (χ2v) is 8.84. The van der Waals surface area contributed by atoms with Crippen LogP contribution in [-0.4, -0.2) is 32.5 Å². The van der Waals surface area contributed by atoms with Gasteiger partial charge in [-0.05, 0) is 54.6 Å². The smallest absolute Gasteiger partial charge is 0.274 e. The van der Waals surface area contributed by atoms with Crippen molar-refractivity contribution >= 4 is 22.5 Å². The first-order chi connectivity index (χ1) is 18.4. The zero-order valence-corrected chi connectivity index (χ0v) is 21.2. The first-order valence-corrected chi connectivity index (χ1v) is 12.0. The maximum atomic E-state index is 14.2. The average Bonchev–Trinajstić information content (AvgIpc) is 2.93. The van der Waals surface area contributed by atoms with E-state index in [4.69, 9.17) is 10.5 Å². The molecule has 38 heavy (non-hydrogen) atoms. The summed E-state index contributed by atoms with van der Waals surface area (Å²) < 4.78 is 6.92. The molecule has 9 heteroatoms. The lowest BCUT2D eigenvalue weighted by Gasteiger charge is -2.22. The fourth-order valence-corrected chi connectivity index (χ4v) is 4.48. The molecule has 3 heterocycles. The SMILES string of the molecule is COc1cc(-c2cccc3cc(C(C)NC(=O)c4ncc(C)nc4N)n(-c4ccccc4)c(=O)c23)ccn1. The van der Waals surface area contributed by atoms with E-state index in [1.54, 1.807) is 30.9 Å². The number of fused-ring (bicyclic) bond motifs is 1. The minimum Gasteiger partial charge on any atom is -0.481 e. The summed E-state index contributed by atoms with van der Waals surface area (Å²) in [5.74, 6) is 0.0210. The van der Waals surface area contributed by atoms with Gasteiger partial charge in [-0.3, -0.25) is 14.2 Å². The molecule has 5 rings (SSSR count). The summed E-state index contributed by atoms with van der Waals surface area (Å²) in [6.45, 7) is 3.56. The van der Waals surface area contributed by atoms with Crippen molar-refractivity contribution in [3.05, 3.63) is 107 Å². The van der Waals surface area contributed by atoms with Crippen molar-refractivity contribution in [2.24, 2.45) is 0 Å². The van der Waals surface area contributed by atoms with Crippen LogP contribution in [0.25, 0.3) is 27.6 Å². The average molecular weight is 507 g/mol. The number of hydrogen-bond donors (Lipinski definition) is 2. The second-order valence-electron chi connectivity index (χ2n) is 8.84. The van der Waals surface area contributed by atoms with Crippen LogP contribution in [0.5, 0.6) is 5.88 Å². The monoisotopic (exact) mass is 506 g/mol. The summed E-state index contributed by atoms with van der Waals surface area (Å²) in [6, 6.07) is 20.0. The van der Waals surface area contributed by atoms with Crippen molar-refractivity contribution in [3.63, 3.8) is 0 Å². The number of amides is 1. The highest BCUT2D eigenvalue weighted by atomic mass is 16.5. The molecule has 9 nitrogen and oxygen atoms in total. The number of pyridine rings is 2. The van der Waals surface area contributed by atoms with Crippen molar-refractivity contribution in [3.8, 4) is 22.7 Å². The van der Waals surface area contributed by atoms with E-state index in [1.807, 2.05) is 67.6 Å². The number of methoxy groups -OCH3 is 1. The summed E-state index contributed by atoms with van der Waals surface area (Å²) in [5.41, 5.74) is 9.21. The zero-order chi connectivity index (χ0) is 26.8. The molecular formula is C29H26N6O3. The van der Waals surface area contributed by atoms with Crippen molar-refractivity contribution in [1.82, 2.24) is 24.8 Å². The number of carbonyl (C=O) groups is 1. The number of rotatable bonds is 6. The zero-order valence-electron chi connectivity index (χ0n) is 21.2. The lowest BCUT2D eigenvalue weighted by atomic mass is 9.98. The third-order valence-corrected chi connectivity index (χ3v) is 6.27. The van der Waals surface area contributed by atoms with Gasteiger partial charge in [0.2, 0.25) is 5.88 Å². The van der Waals surface area contributed by atoms with Gasteiger partial charge in [0, 0.05) is 29.8 Å². The van der Waals surface area contributed by atoms with Crippen LogP contribution in [0.3, 0.4) is 0 Å². The van der Waals surface area contributed by atoms with Gasteiger partial charge in [-0.15, -0.1) is 0 Å². The molecule has 0 bridgehead atoms. The Labute approximate surface area is 219 Å². The highest BCUT2D eigenvalue weighted by Crippen LogP contribution is 2.30. The number of benzene rings is 2. The van der Waals surface area contributed by atoms with Gasteiger partial charge in [-0.2, -0.15) is 0 Å². The minimum atomic E-state index is -0.563. The van der Waals surface area contributed by atoms with Gasteiger partial charge < -0.3 is 15.8 Å². The van der Waals surface area contributed by atoms with Crippen molar-refractivity contribution < 1.29 is 9.53 Å². The molecule has 0 radical (unpaired) electrons. The first-order valence-electron chi connectivity index (χ1n) is 12.0. The summed E-state index contributed by atoms with van der Waals surface area (Å²) in [7, 11) is 1.55. The van der Waals surface area contributed by atoms with Gasteiger partial charge in [0.15, 0.2) is 11.5 Å². The summed E-state index contributed by atoms with van der Waals surface area (Å²) in [5, 5.41) is 4.21. The molecular weight excluding hydrogens is 480 g/mol. The topological polar surface area (TPSA) is 125 Å². The van der Waals surface area contributed by atoms with E-state index in [2.05, 4.69) is 20.3 Å². The second kappa shape index (κ2) is 10.1. The Morgan fingerprint density at radius 2 is 1.84 bits per heavy atom. The number of aromatic nitrogens is 4. The van der Waals surface area contributed by atoms with Gasteiger partial charge in [0.1, 0.15) is 0 Å². The molecule has 2 aromatic carbocycles. The van der Waals surface area contributed by atoms with Gasteiger partial charge >= 0.3 is 0 Å². The summed E-state index contributed by atoms with van der Waals surface area (Å²) >= 11 is 0. The number of aryl methyl sites for hydroxylation is 1. The van der Waals surface area contributed by atoms with Gasteiger partial charge in [0.05, 0.1) is 24.2 Å². The molecule has 190 valence electrons. The van der Waals surface area contributed by atoms with E-state index in [9.17, 15) is 9.59 Å². The number of carbonyl (C=O) groups excluding carboxylic acids is 1. The van der Waals surface area contributed by atoms with E-state index < -0.39 is 11.9 Å². The lowest BCUT2D eigenvalue weighted by Crippen LogP contribution is -2.33. The Kier molecular flexibility index (Phi) is 6.57. The molecule has 5 aromatic rings. The molecule has 0 spiro atoms.